The van der Waals surface area contributed by atoms with E-state index in [2.05, 4.69) is 93.7 Å². The van der Waals surface area contributed by atoms with Gasteiger partial charge in [0.05, 0.1) is 0 Å². The molecule has 1 atom stereocenters. The molecule has 0 aliphatic heterocycles. The van der Waals surface area contributed by atoms with Crippen molar-refractivity contribution in [3.05, 3.63) is 72.9 Å². The maximum absolute atomic E-state index is 12.8. The third-order valence-electron chi connectivity index (χ3n) is 13.7. The maximum Gasteiger partial charge on any atom is 0.306 e. The number of hydrogen-bond acceptors (Lipinski definition) is 6. The zero-order chi connectivity index (χ0) is 52.9. The molecule has 6 heteroatoms. The van der Waals surface area contributed by atoms with Crippen LogP contribution in [-0.4, -0.2) is 37.2 Å². The highest BCUT2D eigenvalue weighted by Crippen LogP contribution is 2.17. The van der Waals surface area contributed by atoms with Crippen LogP contribution < -0.4 is 0 Å². The highest BCUT2D eigenvalue weighted by Gasteiger charge is 2.19. The monoisotopic (exact) mass is 1020 g/mol. The summed E-state index contributed by atoms with van der Waals surface area (Å²) < 4.78 is 16.8. The molecule has 0 aromatic carbocycles. The SMILES string of the molecule is CC/C=C\C/C=C\C/C=C\C/C=C\C/C=C\C/C=C\CCCCCCCCCCCCCCCCC(=O)OCC(COC(=O)CCCCCCCC)OC(=O)CCCCCCCCCCCCCCCCCC. The Morgan fingerprint density at radius 3 is 0.836 bits per heavy atom. The number of carbonyl (C=O) groups is 3. The van der Waals surface area contributed by atoms with Gasteiger partial charge in [0.1, 0.15) is 13.2 Å². The van der Waals surface area contributed by atoms with Crippen molar-refractivity contribution in [1.29, 1.82) is 0 Å². The molecule has 0 spiro atoms. The molecule has 0 aromatic heterocycles. The Kier molecular flexibility index (Phi) is 58.7. The van der Waals surface area contributed by atoms with E-state index >= 15 is 0 Å². The molecule has 0 saturated carbocycles. The van der Waals surface area contributed by atoms with E-state index in [1.807, 2.05) is 0 Å². The van der Waals surface area contributed by atoms with Crippen LogP contribution in [0.4, 0.5) is 0 Å². The van der Waals surface area contributed by atoms with Crippen LogP contribution in [0.3, 0.4) is 0 Å². The molecule has 0 N–H and O–H groups in total. The van der Waals surface area contributed by atoms with Gasteiger partial charge >= 0.3 is 17.9 Å². The van der Waals surface area contributed by atoms with Gasteiger partial charge < -0.3 is 14.2 Å². The van der Waals surface area contributed by atoms with Crippen LogP contribution in [0.2, 0.25) is 0 Å². The molecular formula is C67H118O6. The predicted octanol–water partition coefficient (Wildman–Crippen LogP) is 21.3. The number of hydrogen-bond donors (Lipinski definition) is 0. The maximum atomic E-state index is 12.8. The van der Waals surface area contributed by atoms with Crippen molar-refractivity contribution < 1.29 is 28.6 Å². The van der Waals surface area contributed by atoms with Gasteiger partial charge in [-0.2, -0.15) is 0 Å². The lowest BCUT2D eigenvalue weighted by molar-refractivity contribution is -0.167. The van der Waals surface area contributed by atoms with Crippen molar-refractivity contribution in [3.8, 4) is 0 Å². The lowest BCUT2D eigenvalue weighted by atomic mass is 10.0. The Labute approximate surface area is 453 Å². The van der Waals surface area contributed by atoms with Gasteiger partial charge in [-0.15, -0.1) is 0 Å². The fourth-order valence-corrected chi connectivity index (χ4v) is 9.04. The first-order chi connectivity index (χ1) is 36.0. The van der Waals surface area contributed by atoms with Crippen molar-refractivity contribution >= 4 is 17.9 Å². The number of carbonyl (C=O) groups excluding carboxylic acids is 3. The summed E-state index contributed by atoms with van der Waals surface area (Å²) in [7, 11) is 0. The molecule has 0 saturated heterocycles. The summed E-state index contributed by atoms with van der Waals surface area (Å²) in [6, 6.07) is 0. The number of allylic oxidation sites excluding steroid dienone is 12. The Bertz CT molecular complexity index is 1360. The normalized spacial score (nSPS) is 12.5. The topological polar surface area (TPSA) is 78.9 Å². The second kappa shape index (κ2) is 61.4. The molecule has 6 nitrogen and oxygen atoms in total. The van der Waals surface area contributed by atoms with Crippen LogP contribution in [-0.2, 0) is 28.6 Å². The highest BCUT2D eigenvalue weighted by molar-refractivity contribution is 5.71. The van der Waals surface area contributed by atoms with E-state index in [1.165, 1.54) is 180 Å². The molecule has 0 heterocycles. The molecule has 1 unspecified atom stereocenters. The zero-order valence-corrected chi connectivity index (χ0v) is 48.4. The Hall–Kier alpha value is -3.15. The second-order valence-electron chi connectivity index (χ2n) is 21.0. The van der Waals surface area contributed by atoms with Crippen LogP contribution in [0.1, 0.15) is 316 Å². The molecule has 422 valence electrons. The molecule has 0 rings (SSSR count). The van der Waals surface area contributed by atoms with Crippen molar-refractivity contribution in [2.45, 2.75) is 322 Å². The minimum absolute atomic E-state index is 0.0705. The van der Waals surface area contributed by atoms with Crippen molar-refractivity contribution in [3.63, 3.8) is 0 Å². The molecule has 0 radical (unpaired) electrons. The van der Waals surface area contributed by atoms with Gasteiger partial charge in [-0.25, -0.2) is 0 Å². The van der Waals surface area contributed by atoms with E-state index in [0.717, 1.165) is 96.3 Å². The molecule has 0 amide bonds. The first-order valence-electron chi connectivity index (χ1n) is 31.4. The number of unbranched alkanes of at least 4 members (excludes halogenated alkanes) is 34. The van der Waals surface area contributed by atoms with E-state index in [1.54, 1.807) is 0 Å². The lowest BCUT2D eigenvalue weighted by Crippen LogP contribution is -2.30. The Morgan fingerprint density at radius 1 is 0.288 bits per heavy atom. The van der Waals surface area contributed by atoms with Gasteiger partial charge in [-0.3, -0.25) is 14.4 Å². The molecule has 0 aromatic rings. The van der Waals surface area contributed by atoms with Gasteiger partial charge in [-0.1, -0.05) is 299 Å². The molecule has 0 aliphatic rings. The number of rotatable bonds is 57. The molecule has 0 aliphatic carbocycles. The lowest BCUT2D eigenvalue weighted by Gasteiger charge is -2.18. The van der Waals surface area contributed by atoms with Crippen LogP contribution in [0.5, 0.6) is 0 Å². The Balaban J connectivity index is 4.00. The molecular weight excluding hydrogens is 901 g/mol. The van der Waals surface area contributed by atoms with Gasteiger partial charge in [-0.05, 0) is 70.6 Å². The number of esters is 3. The van der Waals surface area contributed by atoms with Crippen LogP contribution >= 0.6 is 0 Å². The molecule has 73 heavy (non-hydrogen) atoms. The van der Waals surface area contributed by atoms with Crippen LogP contribution in [0.25, 0.3) is 0 Å². The fraction of sp³-hybridized carbons (Fsp3) is 0.776. The van der Waals surface area contributed by atoms with E-state index in [4.69, 9.17) is 14.2 Å². The van der Waals surface area contributed by atoms with E-state index in [9.17, 15) is 14.4 Å². The third-order valence-corrected chi connectivity index (χ3v) is 13.7. The summed E-state index contributed by atoms with van der Waals surface area (Å²) in [5.41, 5.74) is 0. The summed E-state index contributed by atoms with van der Waals surface area (Å²) in [4.78, 5) is 37.9. The Morgan fingerprint density at radius 2 is 0.534 bits per heavy atom. The third kappa shape index (κ3) is 59.6. The van der Waals surface area contributed by atoms with Crippen molar-refractivity contribution in [1.82, 2.24) is 0 Å². The smallest absolute Gasteiger partial charge is 0.306 e. The fourth-order valence-electron chi connectivity index (χ4n) is 9.04. The summed E-state index contributed by atoms with van der Waals surface area (Å²) in [5.74, 6) is -0.866. The zero-order valence-electron chi connectivity index (χ0n) is 48.4. The highest BCUT2D eigenvalue weighted by atomic mass is 16.6. The largest absolute Gasteiger partial charge is 0.462 e. The predicted molar refractivity (Wildman–Crippen MR) is 316 cm³/mol. The second-order valence-corrected chi connectivity index (χ2v) is 21.0. The van der Waals surface area contributed by atoms with Gasteiger partial charge in [0, 0.05) is 19.3 Å². The first-order valence-corrected chi connectivity index (χ1v) is 31.4. The van der Waals surface area contributed by atoms with Gasteiger partial charge in [0.25, 0.3) is 0 Å². The average Bonchev–Trinajstić information content (AvgIpc) is 3.39. The average molecular weight is 1020 g/mol. The minimum Gasteiger partial charge on any atom is -0.462 e. The summed E-state index contributed by atoms with van der Waals surface area (Å²) in [6.07, 6.45) is 79.5. The van der Waals surface area contributed by atoms with Crippen molar-refractivity contribution in [2.75, 3.05) is 13.2 Å². The van der Waals surface area contributed by atoms with Crippen molar-refractivity contribution in [2.24, 2.45) is 0 Å². The van der Waals surface area contributed by atoms with Crippen LogP contribution in [0, 0.1) is 0 Å². The van der Waals surface area contributed by atoms with Gasteiger partial charge in [0.2, 0.25) is 0 Å². The summed E-state index contributed by atoms with van der Waals surface area (Å²) in [5, 5.41) is 0. The molecule has 0 fully saturated rings. The van der Waals surface area contributed by atoms with E-state index in [0.29, 0.717) is 19.3 Å². The van der Waals surface area contributed by atoms with E-state index in [-0.39, 0.29) is 31.1 Å². The van der Waals surface area contributed by atoms with Gasteiger partial charge in [0.15, 0.2) is 6.10 Å². The molecule has 0 bridgehead atoms. The number of ether oxygens (including phenoxy) is 3. The summed E-state index contributed by atoms with van der Waals surface area (Å²) >= 11 is 0. The first kappa shape index (κ1) is 69.8. The van der Waals surface area contributed by atoms with E-state index < -0.39 is 6.10 Å². The van der Waals surface area contributed by atoms with Crippen LogP contribution in [0.15, 0.2) is 72.9 Å². The minimum atomic E-state index is -0.768. The standard InChI is InChI=1S/C67H118O6/c1-4-7-10-13-16-18-20-22-24-26-27-28-29-30-31-32-33-34-35-36-37-38-39-40-41-42-44-45-47-49-51-54-57-60-66(69)72-63-64(62-71-65(68)59-56-53-15-12-9-6-3)73-67(70)61-58-55-52-50-48-46-43-25-23-21-19-17-14-11-8-5-2/h7,10,16,18,22,24,27-28,30-31,33-34,64H,4-6,8-9,11-15,17,19-21,23,25-26,29,32,35-63H2,1-3H3/b10-7-,18-16-,24-22-,28-27-,31-30-,34-33-. The summed E-state index contributed by atoms with van der Waals surface area (Å²) in [6.45, 7) is 6.50. The quantitative estimate of drug-likeness (QED) is 0.0261.